The Kier molecular flexibility index (Phi) is 9.74. The lowest BCUT2D eigenvalue weighted by Crippen LogP contribution is -2.59. The largest absolute Gasteiger partial charge is 0.444 e. The third-order valence-electron chi connectivity index (χ3n) is 8.37. The first-order chi connectivity index (χ1) is 19.7. The molecule has 1 saturated carbocycles. The molecule has 3 N–H and O–H groups in total. The number of carbonyl (C=O) groups excluding carboxylic acids is 4. The first-order valence-electron chi connectivity index (χ1n) is 15.1. The summed E-state index contributed by atoms with van der Waals surface area (Å²) in [6.07, 6.45) is 8.97. The maximum absolute atomic E-state index is 13.7. The molecule has 0 bridgehead atoms. The zero-order valence-electron chi connectivity index (χ0n) is 25.1. The van der Waals surface area contributed by atoms with Gasteiger partial charge in [0.25, 0.3) is 5.91 Å². The maximum atomic E-state index is 13.7. The molecule has 0 spiro atoms. The molecule has 3 heterocycles. The minimum atomic E-state index is -4.09. The van der Waals surface area contributed by atoms with Crippen LogP contribution in [0.25, 0.3) is 0 Å². The molecule has 12 nitrogen and oxygen atoms in total. The van der Waals surface area contributed by atoms with Crippen LogP contribution in [0.4, 0.5) is 4.79 Å². The van der Waals surface area contributed by atoms with Crippen LogP contribution in [0.15, 0.2) is 17.9 Å². The molecule has 0 aromatic rings. The molecule has 1 aliphatic carbocycles. The van der Waals surface area contributed by atoms with Crippen LogP contribution in [0, 0.1) is 5.92 Å². The van der Waals surface area contributed by atoms with E-state index in [4.69, 9.17) is 4.74 Å². The summed E-state index contributed by atoms with van der Waals surface area (Å²) in [5.74, 6) is -2.13. The molecular formula is C29H45N5O7S. The summed E-state index contributed by atoms with van der Waals surface area (Å²) < 4.78 is 35.0. The van der Waals surface area contributed by atoms with E-state index in [1.54, 1.807) is 33.8 Å². The summed E-state index contributed by atoms with van der Waals surface area (Å²) >= 11 is 0. The van der Waals surface area contributed by atoms with E-state index >= 15 is 0 Å². The van der Waals surface area contributed by atoms with Gasteiger partial charge in [-0.3, -0.25) is 14.4 Å². The van der Waals surface area contributed by atoms with Crippen LogP contribution in [-0.2, 0) is 29.3 Å². The average Bonchev–Trinajstić information content (AvgIpc) is 3.20. The Labute approximate surface area is 248 Å². The lowest BCUT2D eigenvalue weighted by atomic mass is 10.0. The van der Waals surface area contributed by atoms with Gasteiger partial charge in [0, 0.05) is 25.0 Å². The normalized spacial score (nSPS) is 31.2. The Morgan fingerprint density at radius 1 is 1.07 bits per heavy atom. The molecule has 42 heavy (non-hydrogen) atoms. The highest BCUT2D eigenvalue weighted by Crippen LogP contribution is 2.45. The Bertz CT molecular complexity index is 1240. The third kappa shape index (κ3) is 7.54. The summed E-state index contributed by atoms with van der Waals surface area (Å²) in [5.41, 5.74) is 0.908. The molecule has 0 radical (unpaired) electrons. The van der Waals surface area contributed by atoms with E-state index in [2.05, 4.69) is 21.1 Å². The van der Waals surface area contributed by atoms with Gasteiger partial charge < -0.3 is 20.3 Å². The van der Waals surface area contributed by atoms with Crippen LogP contribution in [0.2, 0.25) is 0 Å². The SMILES string of the molecule is CC1CCCN1S(=O)(=O)NC(=O)[C@@]12C[C@H]1C=C=CCCCCC[C@H](NC(=O)OC(C)(C)C)C(=O)N1CCC[C@H]1C(=O)N2. The zero-order valence-corrected chi connectivity index (χ0v) is 25.9. The fourth-order valence-electron chi connectivity index (χ4n) is 6.03. The second-order valence-electron chi connectivity index (χ2n) is 12.9. The van der Waals surface area contributed by atoms with Gasteiger partial charge in [0.1, 0.15) is 23.2 Å². The Morgan fingerprint density at radius 3 is 2.50 bits per heavy atom. The second-order valence-corrected chi connectivity index (χ2v) is 14.5. The molecular weight excluding hydrogens is 562 g/mol. The molecule has 3 aliphatic heterocycles. The van der Waals surface area contributed by atoms with Gasteiger partial charge in [-0.1, -0.05) is 12.8 Å². The average molecular weight is 608 g/mol. The van der Waals surface area contributed by atoms with Gasteiger partial charge in [-0.25, -0.2) is 9.52 Å². The molecule has 234 valence electrons. The molecule has 3 fully saturated rings. The number of hydrogen-bond donors (Lipinski definition) is 3. The molecule has 4 rings (SSSR count). The molecule has 4 amide bonds. The predicted octanol–water partition coefficient (Wildman–Crippen LogP) is 2.27. The fourth-order valence-corrected chi connectivity index (χ4v) is 7.52. The van der Waals surface area contributed by atoms with Crippen molar-refractivity contribution in [1.82, 2.24) is 24.6 Å². The minimum absolute atomic E-state index is 0.222. The van der Waals surface area contributed by atoms with Crippen LogP contribution >= 0.6 is 0 Å². The number of nitrogens with zero attached hydrogens (tertiary/aromatic N) is 2. The summed E-state index contributed by atoms with van der Waals surface area (Å²) in [6.45, 7) is 7.68. The van der Waals surface area contributed by atoms with Crippen molar-refractivity contribution in [3.63, 3.8) is 0 Å². The molecule has 13 heteroatoms. The highest BCUT2D eigenvalue weighted by Gasteiger charge is 2.62. The maximum Gasteiger partial charge on any atom is 0.408 e. The number of rotatable bonds is 4. The van der Waals surface area contributed by atoms with E-state index in [1.807, 2.05) is 6.08 Å². The minimum Gasteiger partial charge on any atom is -0.444 e. The Balaban J connectivity index is 1.56. The quantitative estimate of drug-likeness (QED) is 0.414. The number of carbonyl (C=O) groups is 4. The number of amides is 4. The molecule has 2 saturated heterocycles. The highest BCUT2D eigenvalue weighted by atomic mass is 32.2. The smallest absolute Gasteiger partial charge is 0.408 e. The van der Waals surface area contributed by atoms with E-state index in [9.17, 15) is 27.6 Å². The van der Waals surface area contributed by atoms with Crippen LogP contribution in [0.3, 0.4) is 0 Å². The van der Waals surface area contributed by atoms with Gasteiger partial charge in [0.2, 0.25) is 11.8 Å². The number of alkyl carbamates (subject to hydrolysis) is 1. The third-order valence-corrected chi connectivity index (χ3v) is 9.98. The standard InChI is InChI=1S/C29H45N5O7S/c1-20-13-11-18-34(20)42(39,40)32-26(37)29-19-21(29)14-9-7-5-6-8-10-15-22(30-27(38)41-28(2,3)4)25(36)33-17-12-16-23(33)24(35)31-29/h7,14,20-23H,5-6,8,10-13,15-19H2,1-4H3,(H,30,38)(H,31,35)(H,32,37)/t9?,20?,21-,22+,23+,29-/m1/s1. The fraction of sp³-hybridized carbons (Fsp3) is 0.759. The van der Waals surface area contributed by atoms with Gasteiger partial charge >= 0.3 is 16.3 Å². The zero-order chi connectivity index (χ0) is 30.7. The van der Waals surface area contributed by atoms with Crippen molar-refractivity contribution in [2.24, 2.45) is 5.92 Å². The summed E-state index contributed by atoms with van der Waals surface area (Å²) in [4.78, 5) is 55.0. The highest BCUT2D eigenvalue weighted by molar-refractivity contribution is 7.87. The summed E-state index contributed by atoms with van der Waals surface area (Å²) in [6, 6.07) is -1.94. The molecule has 1 unspecified atom stereocenters. The molecule has 5 atom stereocenters. The van der Waals surface area contributed by atoms with E-state index in [1.165, 1.54) is 9.21 Å². The molecule has 0 aromatic heterocycles. The van der Waals surface area contributed by atoms with Crippen molar-refractivity contribution in [3.05, 3.63) is 17.9 Å². The first kappa shape index (κ1) is 32.0. The predicted molar refractivity (Wildman–Crippen MR) is 155 cm³/mol. The van der Waals surface area contributed by atoms with E-state index in [-0.39, 0.29) is 18.4 Å². The van der Waals surface area contributed by atoms with Crippen molar-refractivity contribution < 1.29 is 32.3 Å². The second kappa shape index (κ2) is 12.8. The van der Waals surface area contributed by atoms with Crippen LogP contribution in [-0.4, -0.2) is 83.8 Å². The van der Waals surface area contributed by atoms with Crippen molar-refractivity contribution in [1.29, 1.82) is 0 Å². The van der Waals surface area contributed by atoms with Gasteiger partial charge in [-0.15, -0.1) is 5.73 Å². The topological polar surface area (TPSA) is 154 Å². The van der Waals surface area contributed by atoms with Crippen molar-refractivity contribution in [3.8, 4) is 0 Å². The summed E-state index contributed by atoms with van der Waals surface area (Å²) in [5, 5.41) is 5.54. The number of hydrogen-bond acceptors (Lipinski definition) is 7. The van der Waals surface area contributed by atoms with Crippen molar-refractivity contribution in [2.45, 2.75) is 121 Å². The monoisotopic (exact) mass is 607 g/mol. The number of fused-ring (bicyclic) bond motifs is 2. The number of ether oxygens (including phenoxy) is 1. The molecule has 4 aliphatic rings. The van der Waals surface area contributed by atoms with Crippen molar-refractivity contribution >= 4 is 34.0 Å². The van der Waals surface area contributed by atoms with Crippen LogP contribution < -0.4 is 15.4 Å². The lowest BCUT2D eigenvalue weighted by molar-refractivity contribution is -0.141. The Hall–Kier alpha value is -2.89. The van der Waals surface area contributed by atoms with Gasteiger partial charge in [-0.2, -0.15) is 12.7 Å². The van der Waals surface area contributed by atoms with Crippen LogP contribution in [0.5, 0.6) is 0 Å². The van der Waals surface area contributed by atoms with Crippen molar-refractivity contribution in [2.75, 3.05) is 13.1 Å². The number of nitrogens with one attached hydrogen (secondary N) is 3. The van der Waals surface area contributed by atoms with E-state index in [0.29, 0.717) is 51.6 Å². The van der Waals surface area contributed by atoms with Gasteiger partial charge in [-0.05, 0) is 91.2 Å². The Morgan fingerprint density at radius 2 is 1.81 bits per heavy atom. The van der Waals surface area contributed by atoms with E-state index in [0.717, 1.165) is 19.3 Å². The summed E-state index contributed by atoms with van der Waals surface area (Å²) in [7, 11) is -4.09. The van der Waals surface area contributed by atoms with Crippen LogP contribution in [0.1, 0.15) is 91.9 Å². The first-order valence-corrected chi connectivity index (χ1v) is 16.5. The van der Waals surface area contributed by atoms with E-state index < -0.39 is 57.3 Å². The lowest BCUT2D eigenvalue weighted by Gasteiger charge is -2.31. The van der Waals surface area contributed by atoms with Gasteiger partial charge in [0.05, 0.1) is 0 Å². The van der Waals surface area contributed by atoms with Gasteiger partial charge in [0.15, 0.2) is 0 Å². The molecule has 0 aromatic carbocycles.